The van der Waals surface area contributed by atoms with Crippen molar-refractivity contribution in [2.45, 2.75) is 37.3 Å². The number of aromatic nitrogens is 3. The standard InChI is InChI=1S/C18H19F3N4O/c19-18(20,21)16(26)25-10-6-13(7-11-25)17(8-9-17)15-22-14(23-24-15)12-4-2-1-3-5-12/h1-5,13H,6-11H2,(H,22,23,24). The molecule has 2 fully saturated rings. The zero-order valence-corrected chi connectivity index (χ0v) is 14.1. The van der Waals surface area contributed by atoms with Gasteiger partial charge in [-0.3, -0.25) is 9.89 Å². The van der Waals surface area contributed by atoms with Crippen molar-refractivity contribution >= 4 is 5.91 Å². The van der Waals surface area contributed by atoms with Gasteiger partial charge in [0.05, 0.1) is 0 Å². The van der Waals surface area contributed by atoms with Gasteiger partial charge in [0.1, 0.15) is 5.82 Å². The molecule has 0 bridgehead atoms. The molecular weight excluding hydrogens is 345 g/mol. The van der Waals surface area contributed by atoms with E-state index in [1.807, 2.05) is 30.3 Å². The number of carbonyl (C=O) groups is 1. The molecule has 1 aromatic heterocycles. The topological polar surface area (TPSA) is 61.9 Å². The van der Waals surface area contributed by atoms with E-state index in [2.05, 4.69) is 15.2 Å². The number of hydrogen-bond donors (Lipinski definition) is 1. The molecule has 26 heavy (non-hydrogen) atoms. The van der Waals surface area contributed by atoms with Crippen LogP contribution in [-0.2, 0) is 10.2 Å². The molecule has 0 radical (unpaired) electrons. The molecule has 1 saturated carbocycles. The molecule has 1 amide bonds. The molecule has 2 heterocycles. The van der Waals surface area contributed by atoms with Crippen molar-refractivity contribution < 1.29 is 18.0 Å². The average molecular weight is 364 g/mol. The van der Waals surface area contributed by atoms with Gasteiger partial charge < -0.3 is 4.90 Å². The van der Waals surface area contributed by atoms with Crippen LogP contribution in [0, 0.1) is 5.92 Å². The molecular formula is C18H19F3N4O. The molecule has 1 N–H and O–H groups in total. The lowest BCUT2D eigenvalue weighted by atomic mass is 9.81. The lowest BCUT2D eigenvalue weighted by Gasteiger charge is -2.35. The number of likely N-dealkylation sites (tertiary alicyclic amines) is 1. The van der Waals surface area contributed by atoms with Gasteiger partial charge in [-0.25, -0.2) is 4.98 Å². The second-order valence-corrected chi connectivity index (χ2v) is 7.09. The highest BCUT2D eigenvalue weighted by Gasteiger charge is 2.54. The molecule has 2 aliphatic rings. The fraction of sp³-hybridized carbons (Fsp3) is 0.500. The number of H-pyrrole nitrogens is 1. The number of nitrogens with zero attached hydrogens (tertiary/aromatic N) is 3. The summed E-state index contributed by atoms with van der Waals surface area (Å²) in [5.41, 5.74) is 0.796. The zero-order valence-electron chi connectivity index (χ0n) is 14.1. The number of rotatable bonds is 3. The predicted octanol–water partition coefficient (Wildman–Crippen LogP) is 3.30. The minimum absolute atomic E-state index is 0.132. The van der Waals surface area contributed by atoms with E-state index in [0.717, 1.165) is 29.1 Å². The number of aromatic amines is 1. The van der Waals surface area contributed by atoms with Gasteiger partial charge in [-0.05, 0) is 31.6 Å². The molecule has 1 saturated heterocycles. The largest absolute Gasteiger partial charge is 0.471 e. The summed E-state index contributed by atoms with van der Waals surface area (Å²) < 4.78 is 37.8. The van der Waals surface area contributed by atoms with Crippen LogP contribution in [0.4, 0.5) is 13.2 Å². The van der Waals surface area contributed by atoms with E-state index in [4.69, 9.17) is 0 Å². The SMILES string of the molecule is O=C(N1CCC(C2(c3nc(-c4ccccc4)n[nH]3)CC2)CC1)C(F)(F)F. The molecule has 1 aliphatic heterocycles. The molecule has 138 valence electrons. The average Bonchev–Trinajstić information content (AvgIpc) is 3.30. The Balaban J connectivity index is 1.46. The van der Waals surface area contributed by atoms with Crippen molar-refractivity contribution in [3.63, 3.8) is 0 Å². The smallest absolute Gasteiger partial charge is 0.335 e. The van der Waals surface area contributed by atoms with Gasteiger partial charge in [0.2, 0.25) is 0 Å². The van der Waals surface area contributed by atoms with Gasteiger partial charge in [0.25, 0.3) is 0 Å². The van der Waals surface area contributed by atoms with Crippen molar-refractivity contribution in [3.05, 3.63) is 36.2 Å². The van der Waals surface area contributed by atoms with Crippen LogP contribution in [0.25, 0.3) is 11.4 Å². The Hall–Kier alpha value is -2.38. The first kappa shape index (κ1) is 17.1. The Morgan fingerprint density at radius 1 is 1.15 bits per heavy atom. The monoisotopic (exact) mass is 364 g/mol. The van der Waals surface area contributed by atoms with Crippen molar-refractivity contribution in [2.75, 3.05) is 13.1 Å². The molecule has 1 aromatic carbocycles. The number of amides is 1. The third kappa shape index (κ3) is 2.97. The number of nitrogens with one attached hydrogen (secondary N) is 1. The Morgan fingerprint density at radius 3 is 2.38 bits per heavy atom. The minimum Gasteiger partial charge on any atom is -0.335 e. The van der Waals surface area contributed by atoms with Crippen LogP contribution < -0.4 is 0 Å². The minimum atomic E-state index is -4.79. The van der Waals surface area contributed by atoms with Crippen LogP contribution in [0.15, 0.2) is 30.3 Å². The lowest BCUT2D eigenvalue weighted by molar-refractivity contribution is -0.186. The summed E-state index contributed by atoms with van der Waals surface area (Å²) in [7, 11) is 0. The predicted molar refractivity (Wildman–Crippen MR) is 88.1 cm³/mol. The summed E-state index contributed by atoms with van der Waals surface area (Å²) in [4.78, 5) is 17.0. The van der Waals surface area contributed by atoms with E-state index in [9.17, 15) is 18.0 Å². The number of halogens is 3. The number of hydrogen-bond acceptors (Lipinski definition) is 3. The third-order valence-electron chi connectivity index (χ3n) is 5.58. The van der Waals surface area contributed by atoms with Crippen molar-refractivity contribution in [3.8, 4) is 11.4 Å². The van der Waals surface area contributed by atoms with Crippen LogP contribution >= 0.6 is 0 Å². The second kappa shape index (κ2) is 6.10. The fourth-order valence-corrected chi connectivity index (χ4v) is 3.99. The van der Waals surface area contributed by atoms with Gasteiger partial charge in [0, 0.05) is 24.1 Å². The van der Waals surface area contributed by atoms with E-state index in [0.29, 0.717) is 18.7 Å². The normalized spacial score (nSPS) is 20.2. The quantitative estimate of drug-likeness (QED) is 0.909. The fourth-order valence-electron chi connectivity index (χ4n) is 3.99. The highest BCUT2D eigenvalue weighted by molar-refractivity contribution is 5.81. The first-order chi connectivity index (χ1) is 12.4. The van der Waals surface area contributed by atoms with E-state index in [1.165, 1.54) is 0 Å². The molecule has 0 spiro atoms. The van der Waals surface area contributed by atoms with Gasteiger partial charge in [0.15, 0.2) is 5.82 Å². The Kier molecular flexibility index (Phi) is 4.00. The van der Waals surface area contributed by atoms with Crippen molar-refractivity contribution in [1.29, 1.82) is 0 Å². The maximum atomic E-state index is 12.6. The molecule has 2 aromatic rings. The summed E-state index contributed by atoms with van der Waals surface area (Å²) in [6.07, 6.45) is -1.77. The maximum absolute atomic E-state index is 12.6. The second-order valence-electron chi connectivity index (χ2n) is 7.09. The van der Waals surface area contributed by atoms with E-state index in [1.54, 1.807) is 0 Å². The highest BCUT2D eigenvalue weighted by atomic mass is 19.4. The Morgan fingerprint density at radius 2 is 1.81 bits per heavy atom. The maximum Gasteiger partial charge on any atom is 0.471 e. The van der Waals surface area contributed by atoms with E-state index < -0.39 is 12.1 Å². The third-order valence-corrected chi connectivity index (χ3v) is 5.58. The van der Waals surface area contributed by atoms with Crippen molar-refractivity contribution in [1.82, 2.24) is 20.1 Å². The van der Waals surface area contributed by atoms with Crippen molar-refractivity contribution in [2.24, 2.45) is 5.92 Å². The Labute approximate surface area is 148 Å². The van der Waals surface area contributed by atoms with Gasteiger partial charge in [-0.1, -0.05) is 30.3 Å². The lowest BCUT2D eigenvalue weighted by Crippen LogP contribution is -2.46. The summed E-state index contributed by atoms with van der Waals surface area (Å²) in [5.74, 6) is -0.0586. The van der Waals surface area contributed by atoms with Gasteiger partial charge in [-0.15, -0.1) is 0 Å². The number of carbonyl (C=O) groups excluding carboxylic acids is 1. The summed E-state index contributed by atoms with van der Waals surface area (Å²) in [5, 5.41) is 7.35. The van der Waals surface area contributed by atoms with Crippen LogP contribution in [0.3, 0.4) is 0 Å². The van der Waals surface area contributed by atoms with E-state index in [-0.39, 0.29) is 24.4 Å². The molecule has 0 unspecified atom stereocenters. The number of piperidine rings is 1. The summed E-state index contributed by atoms with van der Waals surface area (Å²) >= 11 is 0. The molecule has 1 aliphatic carbocycles. The van der Waals surface area contributed by atoms with E-state index >= 15 is 0 Å². The first-order valence-corrected chi connectivity index (χ1v) is 8.74. The number of benzene rings is 1. The first-order valence-electron chi connectivity index (χ1n) is 8.74. The van der Waals surface area contributed by atoms with Crippen LogP contribution in [0.5, 0.6) is 0 Å². The highest BCUT2D eigenvalue weighted by Crippen LogP contribution is 2.55. The molecule has 0 atom stereocenters. The molecule has 8 heteroatoms. The van der Waals surface area contributed by atoms with Gasteiger partial charge >= 0.3 is 12.1 Å². The summed E-state index contributed by atoms with van der Waals surface area (Å²) in [6, 6.07) is 9.65. The van der Waals surface area contributed by atoms with Crippen LogP contribution in [-0.4, -0.2) is 45.3 Å². The zero-order chi connectivity index (χ0) is 18.4. The van der Waals surface area contributed by atoms with Crippen LogP contribution in [0.2, 0.25) is 0 Å². The van der Waals surface area contributed by atoms with Crippen LogP contribution in [0.1, 0.15) is 31.5 Å². The Bertz CT molecular complexity index is 790. The molecule has 4 rings (SSSR count). The number of alkyl halides is 3. The molecule has 5 nitrogen and oxygen atoms in total. The summed E-state index contributed by atoms with van der Waals surface area (Å²) in [6.45, 7) is 0.287. The van der Waals surface area contributed by atoms with Gasteiger partial charge in [-0.2, -0.15) is 18.3 Å².